The fourth-order valence-corrected chi connectivity index (χ4v) is 3.75. The molecule has 0 amide bonds. The Balaban J connectivity index is 1.44. The zero-order valence-corrected chi connectivity index (χ0v) is 16.1. The van der Waals surface area contributed by atoms with E-state index in [4.69, 9.17) is 0 Å². The molecule has 3 aromatic rings. The highest BCUT2D eigenvalue weighted by molar-refractivity contribution is 5.81. The fourth-order valence-electron chi connectivity index (χ4n) is 3.75. The Kier molecular flexibility index (Phi) is 5.72. The number of fused-ring (bicyclic) bond motifs is 1. The van der Waals surface area contributed by atoms with E-state index in [1.807, 2.05) is 0 Å². The van der Waals surface area contributed by atoms with Gasteiger partial charge in [0.15, 0.2) is 0 Å². The number of hydrogen-bond donors (Lipinski definition) is 0. The molecule has 30 heavy (non-hydrogen) atoms. The van der Waals surface area contributed by atoms with Crippen molar-refractivity contribution in [2.75, 3.05) is 31.1 Å². The molecule has 1 aromatic heterocycles. The quantitative estimate of drug-likeness (QED) is 0.595. The summed E-state index contributed by atoms with van der Waals surface area (Å²) in [5.74, 6) is -1.17. The zero-order valence-electron chi connectivity index (χ0n) is 16.1. The van der Waals surface area contributed by atoms with Crippen LogP contribution in [-0.4, -0.2) is 47.1 Å². The minimum absolute atomic E-state index is 0.300. The van der Waals surface area contributed by atoms with Crippen LogP contribution in [0.2, 0.25) is 0 Å². The van der Waals surface area contributed by atoms with Gasteiger partial charge in [-0.3, -0.25) is 14.3 Å². The van der Waals surface area contributed by atoms with Crippen LogP contribution in [0.25, 0.3) is 10.9 Å². The molecule has 0 bridgehead atoms. The van der Waals surface area contributed by atoms with Crippen molar-refractivity contribution in [3.63, 3.8) is 0 Å². The Hall–Kier alpha value is -2.94. The lowest BCUT2D eigenvalue weighted by Gasteiger charge is -2.36. The molecule has 0 unspecified atom stereocenters. The van der Waals surface area contributed by atoms with Crippen molar-refractivity contribution in [2.24, 2.45) is 0 Å². The summed E-state index contributed by atoms with van der Waals surface area (Å²) in [7, 11) is 0. The Bertz CT molecular complexity index is 1090. The maximum Gasteiger partial charge on any atom is 0.261 e. The first-order valence-corrected chi connectivity index (χ1v) is 9.58. The van der Waals surface area contributed by atoms with Crippen LogP contribution in [0.5, 0.6) is 0 Å². The van der Waals surface area contributed by atoms with E-state index in [1.165, 1.54) is 12.1 Å². The van der Waals surface area contributed by atoms with Crippen molar-refractivity contribution in [1.82, 2.24) is 14.5 Å². The van der Waals surface area contributed by atoms with E-state index < -0.39 is 30.2 Å². The molecule has 0 spiro atoms. The van der Waals surface area contributed by atoms with Gasteiger partial charge in [0.2, 0.25) is 0 Å². The van der Waals surface area contributed by atoms with Gasteiger partial charge in [0.05, 0.1) is 23.8 Å². The second-order valence-electron chi connectivity index (χ2n) is 7.34. The molecule has 1 fully saturated rings. The number of alkyl halides is 2. The van der Waals surface area contributed by atoms with Crippen LogP contribution in [0.3, 0.4) is 0 Å². The summed E-state index contributed by atoms with van der Waals surface area (Å²) < 4.78 is 52.8. The van der Waals surface area contributed by atoms with Gasteiger partial charge in [0.1, 0.15) is 11.6 Å². The third kappa shape index (κ3) is 4.46. The first kappa shape index (κ1) is 20.3. The van der Waals surface area contributed by atoms with Crippen LogP contribution in [0, 0.1) is 11.6 Å². The number of rotatable bonds is 5. The SMILES string of the molecule is O=c1c2ccc(N3CCN(Cc4cc(F)cc(F)c4)CC3)cc2ncn1CC(F)F. The molecular formula is C21H20F4N4O. The maximum atomic E-state index is 13.4. The lowest BCUT2D eigenvalue weighted by Crippen LogP contribution is -2.46. The van der Waals surface area contributed by atoms with Gasteiger partial charge in [-0.25, -0.2) is 22.5 Å². The minimum Gasteiger partial charge on any atom is -0.369 e. The van der Waals surface area contributed by atoms with Gasteiger partial charge in [0.25, 0.3) is 12.0 Å². The predicted octanol–water partition coefficient (Wildman–Crippen LogP) is 3.26. The Morgan fingerprint density at radius 1 is 0.967 bits per heavy atom. The van der Waals surface area contributed by atoms with Crippen molar-refractivity contribution < 1.29 is 17.6 Å². The van der Waals surface area contributed by atoms with Gasteiger partial charge in [-0.1, -0.05) is 0 Å². The summed E-state index contributed by atoms with van der Waals surface area (Å²) in [6, 6.07) is 8.72. The van der Waals surface area contributed by atoms with Crippen LogP contribution in [-0.2, 0) is 13.1 Å². The molecule has 2 aromatic carbocycles. The summed E-state index contributed by atoms with van der Waals surface area (Å²) in [6.45, 7) is 2.60. The number of anilines is 1. The number of piperazine rings is 1. The molecule has 0 radical (unpaired) electrons. The Labute approximate surface area is 170 Å². The summed E-state index contributed by atoms with van der Waals surface area (Å²) in [6.07, 6.45) is -1.47. The second-order valence-corrected chi connectivity index (χ2v) is 7.34. The highest BCUT2D eigenvalue weighted by Crippen LogP contribution is 2.21. The smallest absolute Gasteiger partial charge is 0.261 e. The molecule has 1 saturated heterocycles. The van der Waals surface area contributed by atoms with E-state index in [9.17, 15) is 22.4 Å². The third-order valence-electron chi connectivity index (χ3n) is 5.21. The number of nitrogens with zero attached hydrogens (tertiary/aromatic N) is 4. The summed E-state index contributed by atoms with van der Waals surface area (Å²) >= 11 is 0. The standard InChI is InChI=1S/C21H20F4N4O/c22-15-7-14(8-16(23)9-15)11-27-3-5-28(6-4-27)17-1-2-18-19(10-17)26-13-29(21(18)30)12-20(24)25/h1-2,7-10,13,20H,3-6,11-12H2. The maximum absolute atomic E-state index is 13.4. The van der Waals surface area contributed by atoms with Crippen molar-refractivity contribution in [1.29, 1.82) is 0 Å². The van der Waals surface area contributed by atoms with E-state index in [-0.39, 0.29) is 0 Å². The van der Waals surface area contributed by atoms with E-state index in [1.54, 1.807) is 18.2 Å². The van der Waals surface area contributed by atoms with Crippen molar-refractivity contribution in [3.8, 4) is 0 Å². The van der Waals surface area contributed by atoms with Crippen LogP contribution < -0.4 is 10.5 Å². The molecule has 0 atom stereocenters. The van der Waals surface area contributed by atoms with Crippen LogP contribution in [0.15, 0.2) is 47.5 Å². The van der Waals surface area contributed by atoms with Gasteiger partial charge in [0, 0.05) is 44.5 Å². The lowest BCUT2D eigenvalue weighted by molar-refractivity contribution is 0.125. The van der Waals surface area contributed by atoms with Crippen molar-refractivity contribution in [3.05, 3.63) is 70.3 Å². The molecule has 0 N–H and O–H groups in total. The molecule has 5 nitrogen and oxygen atoms in total. The summed E-state index contributed by atoms with van der Waals surface area (Å²) in [5, 5.41) is 0.300. The fraction of sp³-hybridized carbons (Fsp3) is 0.333. The molecule has 0 saturated carbocycles. The average Bonchev–Trinajstić information content (AvgIpc) is 2.69. The highest BCUT2D eigenvalue weighted by Gasteiger charge is 2.19. The molecular weight excluding hydrogens is 400 g/mol. The number of benzene rings is 2. The second kappa shape index (κ2) is 8.43. The van der Waals surface area contributed by atoms with Gasteiger partial charge >= 0.3 is 0 Å². The molecule has 9 heteroatoms. The van der Waals surface area contributed by atoms with Crippen molar-refractivity contribution >= 4 is 16.6 Å². The van der Waals surface area contributed by atoms with Gasteiger partial charge in [-0.15, -0.1) is 0 Å². The first-order valence-electron chi connectivity index (χ1n) is 9.58. The minimum atomic E-state index is -2.62. The number of aromatic nitrogens is 2. The van der Waals surface area contributed by atoms with Gasteiger partial charge < -0.3 is 4.90 Å². The monoisotopic (exact) mass is 420 g/mol. The van der Waals surface area contributed by atoms with Gasteiger partial charge in [-0.05, 0) is 35.9 Å². The van der Waals surface area contributed by atoms with Gasteiger partial charge in [-0.2, -0.15) is 0 Å². The molecule has 1 aliphatic heterocycles. The van der Waals surface area contributed by atoms with Crippen molar-refractivity contribution in [2.45, 2.75) is 19.5 Å². The molecule has 1 aliphatic rings. The van der Waals surface area contributed by atoms with Crippen LogP contribution in [0.4, 0.5) is 23.2 Å². The molecule has 0 aliphatic carbocycles. The van der Waals surface area contributed by atoms with E-state index in [0.29, 0.717) is 49.2 Å². The largest absolute Gasteiger partial charge is 0.369 e. The van der Waals surface area contributed by atoms with Crippen LogP contribution >= 0.6 is 0 Å². The van der Waals surface area contributed by atoms with E-state index in [2.05, 4.69) is 14.8 Å². The molecule has 158 valence electrons. The first-order chi connectivity index (χ1) is 14.4. The lowest BCUT2D eigenvalue weighted by atomic mass is 10.1. The number of halogens is 4. The summed E-state index contributed by atoms with van der Waals surface area (Å²) in [5.41, 5.74) is 1.45. The Morgan fingerprint density at radius 2 is 1.67 bits per heavy atom. The molecule has 2 heterocycles. The Morgan fingerprint density at radius 3 is 2.33 bits per heavy atom. The normalized spacial score (nSPS) is 15.3. The van der Waals surface area contributed by atoms with Crippen LogP contribution in [0.1, 0.15) is 5.56 Å². The average molecular weight is 420 g/mol. The predicted molar refractivity (Wildman–Crippen MR) is 106 cm³/mol. The summed E-state index contributed by atoms with van der Waals surface area (Å²) in [4.78, 5) is 20.7. The third-order valence-corrected chi connectivity index (χ3v) is 5.21. The molecule has 4 rings (SSSR count). The highest BCUT2D eigenvalue weighted by atomic mass is 19.3. The van der Waals surface area contributed by atoms with E-state index in [0.717, 1.165) is 22.6 Å². The van der Waals surface area contributed by atoms with E-state index >= 15 is 0 Å². The zero-order chi connectivity index (χ0) is 21.3. The number of hydrogen-bond acceptors (Lipinski definition) is 4. The topological polar surface area (TPSA) is 41.4 Å².